The summed E-state index contributed by atoms with van der Waals surface area (Å²) >= 11 is 0. The quantitative estimate of drug-likeness (QED) is 0.235. The molecule has 0 amide bonds. The van der Waals surface area contributed by atoms with Gasteiger partial charge in [-0.3, -0.25) is 19.2 Å². The van der Waals surface area contributed by atoms with Gasteiger partial charge in [-0.25, -0.2) is 0 Å². The number of hydrogen-bond acceptors (Lipinski definition) is 6. The van der Waals surface area contributed by atoms with Crippen molar-refractivity contribution >= 4 is 24.0 Å². The van der Waals surface area contributed by atoms with E-state index in [1.807, 2.05) is 20.8 Å². The van der Waals surface area contributed by atoms with Crippen LogP contribution >= 0.6 is 0 Å². The van der Waals surface area contributed by atoms with Gasteiger partial charge in [-0.2, -0.15) is 0 Å². The van der Waals surface area contributed by atoms with Gasteiger partial charge in [0.2, 0.25) is 5.78 Å². The van der Waals surface area contributed by atoms with Crippen LogP contribution in [0.2, 0.25) is 0 Å². The van der Waals surface area contributed by atoms with E-state index in [2.05, 4.69) is 0 Å². The van der Waals surface area contributed by atoms with Gasteiger partial charge in [-0.05, 0) is 35.6 Å². The van der Waals surface area contributed by atoms with Crippen molar-refractivity contribution in [3.8, 4) is 5.75 Å². The molecule has 6 nitrogen and oxygen atoms in total. The van der Waals surface area contributed by atoms with Crippen molar-refractivity contribution in [2.75, 3.05) is 0 Å². The minimum atomic E-state index is -2.30. The minimum Gasteiger partial charge on any atom is -0.438 e. The molecule has 1 atom stereocenters. The van der Waals surface area contributed by atoms with Crippen LogP contribution in [0.5, 0.6) is 5.75 Å². The van der Waals surface area contributed by atoms with E-state index in [-0.39, 0.29) is 28.6 Å². The number of aryl methyl sites for hydroxylation is 1. The van der Waals surface area contributed by atoms with E-state index in [9.17, 15) is 19.2 Å². The highest BCUT2D eigenvalue weighted by Crippen LogP contribution is 2.38. The number of carbonyl (C=O) groups is 4. The summed E-state index contributed by atoms with van der Waals surface area (Å²) < 4.78 is 10.7. The molecule has 0 N–H and O–H groups in total. The third kappa shape index (κ3) is 4.64. The molecule has 1 unspecified atom stereocenters. The lowest BCUT2D eigenvalue weighted by Crippen LogP contribution is -2.43. The fraction of sp³-hybridized carbons (Fsp3) is 0.333. The molecule has 158 valence electrons. The number of ether oxygens (including phenoxy) is 2. The zero-order valence-corrected chi connectivity index (χ0v) is 18.1. The Hall–Kier alpha value is -3.28. The topological polar surface area (TPSA) is 86.7 Å². The zero-order chi connectivity index (χ0) is 22.7. The highest BCUT2D eigenvalue weighted by Gasteiger charge is 2.47. The van der Waals surface area contributed by atoms with Gasteiger partial charge >= 0.3 is 11.9 Å². The molecule has 0 saturated heterocycles. The number of esters is 2. The first kappa shape index (κ1) is 23.0. The Balaban J connectivity index is 2.88. The van der Waals surface area contributed by atoms with Gasteiger partial charge in [0, 0.05) is 19.4 Å². The molecule has 2 aromatic carbocycles. The average molecular weight is 410 g/mol. The maximum absolute atomic E-state index is 13.6. The lowest BCUT2D eigenvalue weighted by Gasteiger charge is -2.30. The van der Waals surface area contributed by atoms with E-state index in [0.717, 1.165) is 12.5 Å². The van der Waals surface area contributed by atoms with E-state index in [4.69, 9.17) is 9.47 Å². The van der Waals surface area contributed by atoms with E-state index in [1.54, 1.807) is 43.3 Å². The molecule has 0 bridgehead atoms. The maximum Gasteiger partial charge on any atom is 0.308 e. The fourth-order valence-corrected chi connectivity index (χ4v) is 3.15. The molecule has 2 rings (SSSR count). The molecule has 0 fully saturated rings. The summed E-state index contributed by atoms with van der Waals surface area (Å²) in [6, 6.07) is 11.5. The molecule has 0 spiro atoms. The van der Waals surface area contributed by atoms with Gasteiger partial charge in [0.25, 0.3) is 5.60 Å². The summed E-state index contributed by atoms with van der Waals surface area (Å²) in [5.41, 5.74) is -1.04. The van der Waals surface area contributed by atoms with E-state index < -0.39 is 23.3 Å². The molecule has 0 radical (unpaired) electrons. The number of Topliss-reactive ketones (excluding diaryl/α,β-unsaturated/α-hetero) is 1. The fourth-order valence-electron chi connectivity index (χ4n) is 3.15. The van der Waals surface area contributed by atoms with Crippen LogP contribution in [0, 0.1) is 6.92 Å². The smallest absolute Gasteiger partial charge is 0.308 e. The van der Waals surface area contributed by atoms with Gasteiger partial charge in [-0.1, -0.05) is 51.1 Å². The Morgan fingerprint density at radius 1 is 0.933 bits per heavy atom. The Morgan fingerprint density at radius 2 is 1.57 bits per heavy atom. The predicted molar refractivity (Wildman–Crippen MR) is 111 cm³/mol. The van der Waals surface area contributed by atoms with Crippen LogP contribution in [-0.2, 0) is 30.1 Å². The number of hydrogen-bond donors (Lipinski definition) is 0. The van der Waals surface area contributed by atoms with Crippen LogP contribution in [-0.4, -0.2) is 24.0 Å². The Bertz CT molecular complexity index is 999. The summed E-state index contributed by atoms with van der Waals surface area (Å²) in [6.45, 7) is 9.90. The van der Waals surface area contributed by atoms with Crippen molar-refractivity contribution in [1.29, 1.82) is 0 Å². The lowest BCUT2D eigenvalue weighted by molar-refractivity contribution is -0.157. The van der Waals surface area contributed by atoms with Crippen LogP contribution in [0.1, 0.15) is 61.7 Å². The third-order valence-electron chi connectivity index (χ3n) is 4.70. The molecule has 0 aliphatic heterocycles. The van der Waals surface area contributed by atoms with Crippen LogP contribution in [0.4, 0.5) is 0 Å². The second kappa shape index (κ2) is 8.61. The minimum absolute atomic E-state index is 0.00331. The van der Waals surface area contributed by atoms with Crippen molar-refractivity contribution in [3.63, 3.8) is 0 Å². The highest BCUT2D eigenvalue weighted by molar-refractivity contribution is 6.14. The SMILES string of the molecule is CC(=O)Oc1ccc(C(C)(C)C)cc1C(C=O)(OC(C)=O)C(=O)c1ccccc1C. The van der Waals surface area contributed by atoms with E-state index in [0.29, 0.717) is 5.56 Å². The molecule has 6 heteroatoms. The summed E-state index contributed by atoms with van der Waals surface area (Å²) in [4.78, 5) is 49.7. The van der Waals surface area contributed by atoms with Crippen LogP contribution < -0.4 is 4.74 Å². The van der Waals surface area contributed by atoms with Crippen LogP contribution in [0.25, 0.3) is 0 Å². The summed E-state index contributed by atoms with van der Waals surface area (Å²) in [7, 11) is 0. The standard InChI is InChI=1S/C24H26O6/c1-15-9-7-8-10-19(15)22(28)24(14-25,30-17(3)27)20-13-18(23(4,5)6)11-12-21(20)29-16(2)26/h7-14H,1-6H3. The van der Waals surface area contributed by atoms with Gasteiger partial charge in [0.05, 0.1) is 5.56 Å². The van der Waals surface area contributed by atoms with Crippen molar-refractivity contribution in [2.24, 2.45) is 0 Å². The Labute approximate surface area is 176 Å². The van der Waals surface area contributed by atoms with Gasteiger partial charge in [0.15, 0.2) is 6.29 Å². The molecule has 30 heavy (non-hydrogen) atoms. The number of aldehydes is 1. The number of carbonyl (C=O) groups excluding carboxylic acids is 4. The van der Waals surface area contributed by atoms with Gasteiger partial charge in [0.1, 0.15) is 5.75 Å². The first-order chi connectivity index (χ1) is 13.9. The molecule has 2 aromatic rings. The first-order valence-electron chi connectivity index (χ1n) is 9.52. The molecular formula is C24H26O6. The van der Waals surface area contributed by atoms with E-state index >= 15 is 0 Å². The number of benzene rings is 2. The van der Waals surface area contributed by atoms with Gasteiger partial charge < -0.3 is 9.47 Å². The van der Waals surface area contributed by atoms with Crippen molar-refractivity contribution in [3.05, 3.63) is 64.7 Å². The van der Waals surface area contributed by atoms with Crippen molar-refractivity contribution in [2.45, 2.75) is 52.6 Å². The predicted octanol–water partition coefficient (Wildman–Crippen LogP) is 4.06. The third-order valence-corrected chi connectivity index (χ3v) is 4.70. The second-order valence-electron chi connectivity index (χ2n) is 8.15. The molecule has 0 aliphatic carbocycles. The Kier molecular flexibility index (Phi) is 6.60. The molecule has 0 heterocycles. The largest absolute Gasteiger partial charge is 0.438 e. The highest BCUT2D eigenvalue weighted by atomic mass is 16.6. The lowest BCUT2D eigenvalue weighted by atomic mass is 9.80. The number of ketones is 1. The molecule has 0 saturated carbocycles. The second-order valence-corrected chi connectivity index (χ2v) is 8.15. The average Bonchev–Trinajstić information content (AvgIpc) is 2.65. The van der Waals surface area contributed by atoms with Crippen molar-refractivity contribution in [1.82, 2.24) is 0 Å². The molecule has 0 aliphatic rings. The van der Waals surface area contributed by atoms with Crippen molar-refractivity contribution < 1.29 is 28.7 Å². The van der Waals surface area contributed by atoms with E-state index in [1.165, 1.54) is 13.0 Å². The zero-order valence-electron chi connectivity index (χ0n) is 18.1. The maximum atomic E-state index is 13.6. The normalized spacial score (nSPS) is 13.1. The number of rotatable bonds is 6. The summed E-state index contributed by atoms with van der Waals surface area (Å²) in [5.74, 6) is -2.19. The first-order valence-corrected chi connectivity index (χ1v) is 9.52. The molecule has 0 aromatic heterocycles. The molecular weight excluding hydrogens is 384 g/mol. The summed E-state index contributed by atoms with van der Waals surface area (Å²) in [5, 5.41) is 0. The van der Waals surface area contributed by atoms with Crippen LogP contribution in [0.15, 0.2) is 42.5 Å². The monoisotopic (exact) mass is 410 g/mol. The van der Waals surface area contributed by atoms with Gasteiger partial charge in [-0.15, -0.1) is 0 Å². The summed E-state index contributed by atoms with van der Waals surface area (Å²) in [6.07, 6.45) is 0.290. The van der Waals surface area contributed by atoms with Crippen LogP contribution in [0.3, 0.4) is 0 Å². The Morgan fingerprint density at radius 3 is 2.07 bits per heavy atom.